The molecule has 1 aromatic rings. The van der Waals surface area contributed by atoms with Crippen LogP contribution in [0.5, 0.6) is 0 Å². The standard InChI is InChI=1S/C12H18N2/c1-2-10-6-12(9-14-7-10)11-4-3-5-13-8-11/h6-7,9,11,13H,2-5,8H2,1H3. The number of hydrogen-bond donors (Lipinski definition) is 1. The highest BCUT2D eigenvalue weighted by atomic mass is 14.9. The van der Waals surface area contributed by atoms with Gasteiger partial charge in [-0.3, -0.25) is 4.98 Å². The Balaban J connectivity index is 2.13. The van der Waals surface area contributed by atoms with Crippen molar-refractivity contribution in [2.24, 2.45) is 0 Å². The molecular formula is C12H18N2. The number of aryl methyl sites for hydroxylation is 1. The lowest BCUT2D eigenvalue weighted by molar-refractivity contribution is 0.460. The van der Waals surface area contributed by atoms with E-state index in [2.05, 4.69) is 23.3 Å². The highest BCUT2D eigenvalue weighted by Gasteiger charge is 2.15. The predicted molar refractivity (Wildman–Crippen MR) is 58.5 cm³/mol. The Morgan fingerprint density at radius 1 is 1.50 bits per heavy atom. The van der Waals surface area contributed by atoms with Crippen LogP contribution < -0.4 is 5.32 Å². The molecule has 1 aliphatic rings. The van der Waals surface area contributed by atoms with Gasteiger partial charge in [0.05, 0.1) is 0 Å². The van der Waals surface area contributed by atoms with Crippen molar-refractivity contribution >= 4 is 0 Å². The van der Waals surface area contributed by atoms with Gasteiger partial charge < -0.3 is 5.32 Å². The molecule has 1 fully saturated rings. The lowest BCUT2D eigenvalue weighted by Gasteiger charge is -2.23. The summed E-state index contributed by atoms with van der Waals surface area (Å²) in [5.74, 6) is 0.683. The first kappa shape index (κ1) is 9.66. The van der Waals surface area contributed by atoms with Crippen molar-refractivity contribution in [1.82, 2.24) is 10.3 Å². The third-order valence-corrected chi connectivity index (χ3v) is 2.99. The number of hydrogen-bond acceptors (Lipinski definition) is 2. The molecule has 0 bridgehead atoms. The lowest BCUT2D eigenvalue weighted by atomic mass is 9.92. The summed E-state index contributed by atoms with van der Waals surface area (Å²) in [5.41, 5.74) is 2.77. The van der Waals surface area contributed by atoms with Crippen LogP contribution in [-0.4, -0.2) is 18.1 Å². The van der Waals surface area contributed by atoms with Crippen molar-refractivity contribution in [3.05, 3.63) is 29.6 Å². The minimum atomic E-state index is 0.683. The number of piperidine rings is 1. The Bertz CT molecular complexity index is 290. The zero-order valence-corrected chi connectivity index (χ0v) is 8.79. The lowest BCUT2D eigenvalue weighted by Crippen LogP contribution is -2.28. The predicted octanol–water partition coefficient (Wildman–Crippen LogP) is 2.11. The van der Waals surface area contributed by atoms with Gasteiger partial charge in [-0.05, 0) is 42.9 Å². The number of nitrogens with zero attached hydrogens (tertiary/aromatic N) is 1. The molecule has 1 N–H and O–H groups in total. The van der Waals surface area contributed by atoms with Crippen molar-refractivity contribution in [1.29, 1.82) is 0 Å². The molecule has 0 radical (unpaired) electrons. The number of nitrogens with one attached hydrogen (secondary N) is 1. The van der Waals surface area contributed by atoms with Gasteiger partial charge in [0.1, 0.15) is 0 Å². The van der Waals surface area contributed by atoms with Crippen LogP contribution in [0.3, 0.4) is 0 Å². The maximum absolute atomic E-state index is 4.30. The molecule has 1 aromatic heterocycles. The van der Waals surface area contributed by atoms with Crippen LogP contribution in [0.2, 0.25) is 0 Å². The average molecular weight is 190 g/mol. The first-order chi connectivity index (χ1) is 6.90. The van der Waals surface area contributed by atoms with Crippen LogP contribution in [0.25, 0.3) is 0 Å². The highest BCUT2D eigenvalue weighted by molar-refractivity contribution is 5.22. The highest BCUT2D eigenvalue weighted by Crippen LogP contribution is 2.22. The summed E-state index contributed by atoms with van der Waals surface area (Å²) in [6, 6.07) is 2.31. The molecule has 2 heterocycles. The van der Waals surface area contributed by atoms with Crippen LogP contribution in [0.15, 0.2) is 18.5 Å². The third-order valence-electron chi connectivity index (χ3n) is 2.99. The average Bonchev–Trinajstić information content (AvgIpc) is 2.30. The smallest absolute Gasteiger partial charge is 0.0303 e. The second-order valence-electron chi connectivity index (χ2n) is 4.02. The van der Waals surface area contributed by atoms with Gasteiger partial charge in [-0.1, -0.05) is 13.0 Å². The Kier molecular flexibility index (Phi) is 3.14. The van der Waals surface area contributed by atoms with E-state index in [1.54, 1.807) is 0 Å². The molecule has 2 nitrogen and oxygen atoms in total. The fourth-order valence-corrected chi connectivity index (χ4v) is 2.06. The van der Waals surface area contributed by atoms with Gasteiger partial charge in [0.25, 0.3) is 0 Å². The summed E-state index contributed by atoms with van der Waals surface area (Å²) in [6.45, 7) is 4.48. The van der Waals surface area contributed by atoms with E-state index in [0.717, 1.165) is 13.0 Å². The van der Waals surface area contributed by atoms with Gasteiger partial charge in [-0.25, -0.2) is 0 Å². The van der Waals surface area contributed by atoms with Gasteiger partial charge in [0.15, 0.2) is 0 Å². The summed E-state index contributed by atoms with van der Waals surface area (Å²) in [5, 5.41) is 3.44. The van der Waals surface area contributed by atoms with Gasteiger partial charge in [-0.2, -0.15) is 0 Å². The molecule has 1 unspecified atom stereocenters. The zero-order chi connectivity index (χ0) is 9.80. The molecule has 14 heavy (non-hydrogen) atoms. The van der Waals surface area contributed by atoms with E-state index < -0.39 is 0 Å². The zero-order valence-electron chi connectivity index (χ0n) is 8.79. The van der Waals surface area contributed by atoms with Crippen molar-refractivity contribution < 1.29 is 0 Å². The Hall–Kier alpha value is -0.890. The SMILES string of the molecule is CCc1cncc(C2CCCNC2)c1. The first-order valence-electron chi connectivity index (χ1n) is 5.54. The minimum absolute atomic E-state index is 0.683. The minimum Gasteiger partial charge on any atom is -0.316 e. The summed E-state index contributed by atoms with van der Waals surface area (Å²) in [7, 11) is 0. The molecule has 0 aromatic carbocycles. The maximum Gasteiger partial charge on any atom is 0.0303 e. The molecule has 1 aliphatic heterocycles. The largest absolute Gasteiger partial charge is 0.316 e. The van der Waals surface area contributed by atoms with Crippen LogP contribution in [-0.2, 0) is 6.42 Å². The van der Waals surface area contributed by atoms with E-state index >= 15 is 0 Å². The van der Waals surface area contributed by atoms with E-state index in [0.29, 0.717) is 5.92 Å². The van der Waals surface area contributed by atoms with Gasteiger partial charge in [0, 0.05) is 18.9 Å². The fraction of sp³-hybridized carbons (Fsp3) is 0.583. The molecule has 0 amide bonds. The van der Waals surface area contributed by atoms with Crippen molar-refractivity contribution in [2.75, 3.05) is 13.1 Å². The van der Waals surface area contributed by atoms with Crippen LogP contribution in [0.1, 0.15) is 36.8 Å². The van der Waals surface area contributed by atoms with Gasteiger partial charge >= 0.3 is 0 Å². The topological polar surface area (TPSA) is 24.9 Å². The third kappa shape index (κ3) is 2.13. The summed E-state index contributed by atoms with van der Waals surface area (Å²) < 4.78 is 0. The van der Waals surface area contributed by atoms with E-state index in [4.69, 9.17) is 0 Å². The van der Waals surface area contributed by atoms with E-state index in [1.165, 1.54) is 30.5 Å². The Morgan fingerprint density at radius 2 is 2.43 bits per heavy atom. The summed E-state index contributed by atoms with van der Waals surface area (Å²) >= 11 is 0. The van der Waals surface area contributed by atoms with Gasteiger partial charge in [0.2, 0.25) is 0 Å². The van der Waals surface area contributed by atoms with E-state index in [-0.39, 0.29) is 0 Å². The van der Waals surface area contributed by atoms with Crippen molar-refractivity contribution in [2.45, 2.75) is 32.1 Å². The number of rotatable bonds is 2. The quantitative estimate of drug-likeness (QED) is 0.772. The Labute approximate surface area is 85.7 Å². The van der Waals surface area contributed by atoms with E-state index in [1.807, 2.05) is 12.4 Å². The summed E-state index contributed by atoms with van der Waals surface area (Å²) in [4.78, 5) is 4.30. The normalized spacial score (nSPS) is 22.2. The van der Waals surface area contributed by atoms with Crippen molar-refractivity contribution in [3.63, 3.8) is 0 Å². The second kappa shape index (κ2) is 4.56. The number of pyridine rings is 1. The van der Waals surface area contributed by atoms with Crippen LogP contribution in [0, 0.1) is 0 Å². The molecule has 2 rings (SSSR count). The van der Waals surface area contributed by atoms with Crippen LogP contribution in [0.4, 0.5) is 0 Å². The molecule has 76 valence electrons. The monoisotopic (exact) mass is 190 g/mol. The fourth-order valence-electron chi connectivity index (χ4n) is 2.06. The van der Waals surface area contributed by atoms with E-state index in [9.17, 15) is 0 Å². The molecule has 1 atom stereocenters. The van der Waals surface area contributed by atoms with Gasteiger partial charge in [-0.15, -0.1) is 0 Å². The molecule has 1 saturated heterocycles. The molecular weight excluding hydrogens is 172 g/mol. The van der Waals surface area contributed by atoms with Crippen molar-refractivity contribution in [3.8, 4) is 0 Å². The molecule has 2 heteroatoms. The molecule has 0 aliphatic carbocycles. The van der Waals surface area contributed by atoms with Crippen LogP contribution >= 0.6 is 0 Å². The maximum atomic E-state index is 4.30. The Morgan fingerprint density at radius 3 is 3.14 bits per heavy atom. The summed E-state index contributed by atoms with van der Waals surface area (Å²) in [6.07, 6.45) is 7.68. The number of aromatic nitrogens is 1. The first-order valence-corrected chi connectivity index (χ1v) is 5.54. The molecule has 0 spiro atoms. The molecule has 0 saturated carbocycles. The second-order valence-corrected chi connectivity index (χ2v) is 4.02.